The second kappa shape index (κ2) is 10.1. The molecule has 5 rings (SSSR count). The van der Waals surface area contributed by atoms with Crippen molar-refractivity contribution in [2.75, 3.05) is 44.6 Å². The average Bonchev–Trinajstić information content (AvgIpc) is 3.48. The number of amides is 1. The van der Waals surface area contributed by atoms with Gasteiger partial charge in [0.1, 0.15) is 18.1 Å². The second-order valence-corrected chi connectivity index (χ2v) is 10.0. The lowest BCUT2D eigenvalue weighted by Crippen LogP contribution is -2.30. The van der Waals surface area contributed by atoms with Gasteiger partial charge in [-0.15, -0.1) is 11.6 Å². The summed E-state index contributed by atoms with van der Waals surface area (Å²) in [6, 6.07) is 13.8. The van der Waals surface area contributed by atoms with Gasteiger partial charge in [-0.25, -0.2) is 0 Å². The van der Waals surface area contributed by atoms with E-state index in [9.17, 15) is 19.7 Å². The number of H-pyrrole nitrogens is 1. The van der Waals surface area contributed by atoms with Gasteiger partial charge in [0.05, 0.1) is 16.0 Å². The van der Waals surface area contributed by atoms with Crippen molar-refractivity contribution in [3.05, 3.63) is 75.5 Å². The van der Waals surface area contributed by atoms with Gasteiger partial charge in [-0.1, -0.05) is 18.2 Å². The van der Waals surface area contributed by atoms with Gasteiger partial charge in [0.2, 0.25) is 0 Å². The van der Waals surface area contributed by atoms with Crippen molar-refractivity contribution in [1.29, 1.82) is 0 Å². The molecule has 3 aromatic carbocycles. The van der Waals surface area contributed by atoms with E-state index in [1.807, 2.05) is 37.2 Å². The van der Waals surface area contributed by atoms with Crippen molar-refractivity contribution in [2.24, 2.45) is 0 Å². The molecule has 1 aliphatic rings. The van der Waals surface area contributed by atoms with Gasteiger partial charge in [0.25, 0.3) is 11.6 Å². The molecule has 38 heavy (non-hydrogen) atoms. The molecule has 0 spiro atoms. The number of alkyl halides is 1. The van der Waals surface area contributed by atoms with Crippen molar-refractivity contribution >= 4 is 56.3 Å². The van der Waals surface area contributed by atoms with Crippen molar-refractivity contribution in [3.8, 4) is 5.75 Å². The van der Waals surface area contributed by atoms with Gasteiger partial charge in [-0.3, -0.25) is 19.7 Å². The fraction of sp³-hybridized carbons (Fsp3) is 0.286. The van der Waals surface area contributed by atoms with Crippen molar-refractivity contribution in [3.63, 3.8) is 0 Å². The molecule has 1 N–H and O–H groups in total. The molecule has 1 atom stereocenters. The standard InChI is InChI=1S/C28H27ClN4O5/c1-16(34)20-5-4-6-21-26-18(14-29)15-32(24(26)13-25(27(20)21)33(36)37)28(35)23-12-17-11-19(7-8-22(17)30-23)38-10-9-31(2)3/h4-8,11-13,18,30H,9-10,14-15H2,1-3H3. The number of carbonyl (C=O) groups is 2. The summed E-state index contributed by atoms with van der Waals surface area (Å²) in [6.07, 6.45) is 0. The van der Waals surface area contributed by atoms with Crippen LogP contribution in [0.25, 0.3) is 21.7 Å². The van der Waals surface area contributed by atoms with Crippen LogP contribution in [0.2, 0.25) is 0 Å². The predicted molar refractivity (Wildman–Crippen MR) is 148 cm³/mol. The Morgan fingerprint density at radius 3 is 2.68 bits per heavy atom. The molecule has 0 radical (unpaired) electrons. The summed E-state index contributed by atoms with van der Waals surface area (Å²) >= 11 is 6.34. The highest BCUT2D eigenvalue weighted by Crippen LogP contribution is 2.46. The smallest absolute Gasteiger partial charge is 0.280 e. The van der Waals surface area contributed by atoms with Crippen LogP contribution in [-0.4, -0.2) is 66.2 Å². The van der Waals surface area contributed by atoms with E-state index >= 15 is 0 Å². The number of halogens is 1. The molecule has 0 fully saturated rings. The first-order valence-corrected chi connectivity index (χ1v) is 12.8. The number of fused-ring (bicyclic) bond motifs is 4. The molecular formula is C28H27ClN4O5. The van der Waals surface area contributed by atoms with Crippen molar-refractivity contribution in [1.82, 2.24) is 9.88 Å². The maximum absolute atomic E-state index is 13.8. The quantitative estimate of drug-likeness (QED) is 0.141. The fourth-order valence-electron chi connectivity index (χ4n) is 5.10. The Morgan fingerprint density at radius 2 is 2.00 bits per heavy atom. The Kier molecular flexibility index (Phi) is 6.81. The topological polar surface area (TPSA) is 109 Å². The summed E-state index contributed by atoms with van der Waals surface area (Å²) in [4.78, 5) is 44.4. The number of nitrogens with one attached hydrogen (secondary N) is 1. The van der Waals surface area contributed by atoms with Gasteiger partial charge < -0.3 is 19.5 Å². The molecule has 2 heterocycles. The molecule has 9 nitrogen and oxygen atoms in total. The maximum Gasteiger partial charge on any atom is 0.280 e. The number of aromatic amines is 1. The number of benzene rings is 3. The molecule has 0 aliphatic carbocycles. The van der Waals surface area contributed by atoms with Gasteiger partial charge in [0, 0.05) is 47.4 Å². The number of hydrogen-bond donors (Lipinski definition) is 1. The molecular weight excluding hydrogens is 508 g/mol. The zero-order chi connectivity index (χ0) is 27.1. The van der Waals surface area contributed by atoms with E-state index in [1.54, 1.807) is 24.3 Å². The number of rotatable bonds is 8. The predicted octanol–water partition coefficient (Wildman–Crippen LogP) is 5.36. The van der Waals surface area contributed by atoms with E-state index in [0.717, 1.165) is 23.0 Å². The number of nitrogens with zero attached hydrogens (tertiary/aromatic N) is 3. The third-order valence-electron chi connectivity index (χ3n) is 6.90. The first-order valence-electron chi connectivity index (χ1n) is 12.2. The molecule has 0 saturated carbocycles. The van der Waals surface area contributed by atoms with Crippen LogP contribution in [-0.2, 0) is 0 Å². The summed E-state index contributed by atoms with van der Waals surface area (Å²) in [5.74, 6) is 0.0854. The SMILES string of the molecule is CC(=O)c1cccc2c3c(cc([N+](=O)[O-])c12)N(C(=O)c1cc2cc(OCCN(C)C)ccc2[nH]1)CC3CCl. The number of carbonyl (C=O) groups excluding carboxylic acids is 2. The summed E-state index contributed by atoms with van der Waals surface area (Å²) in [7, 11) is 3.95. The van der Waals surface area contributed by atoms with Crippen LogP contribution in [0.1, 0.15) is 39.3 Å². The Morgan fingerprint density at radius 1 is 1.21 bits per heavy atom. The lowest BCUT2D eigenvalue weighted by molar-refractivity contribution is -0.383. The van der Waals surface area contributed by atoms with Crippen LogP contribution in [0.15, 0.2) is 48.5 Å². The highest BCUT2D eigenvalue weighted by molar-refractivity contribution is 6.20. The van der Waals surface area contributed by atoms with Gasteiger partial charge in [-0.2, -0.15) is 0 Å². The zero-order valence-corrected chi connectivity index (χ0v) is 22.0. The number of nitro benzene ring substituents is 1. The summed E-state index contributed by atoms with van der Waals surface area (Å²) < 4.78 is 5.82. The molecule has 1 unspecified atom stereocenters. The zero-order valence-electron chi connectivity index (χ0n) is 21.3. The Bertz CT molecular complexity index is 1600. The Hall–Kier alpha value is -3.95. The average molecular weight is 535 g/mol. The number of nitro groups is 1. The lowest BCUT2D eigenvalue weighted by Gasteiger charge is -2.17. The number of non-ortho nitro benzene ring substituents is 1. The number of anilines is 1. The van der Waals surface area contributed by atoms with Gasteiger partial charge in [0.15, 0.2) is 5.78 Å². The van der Waals surface area contributed by atoms with Crippen LogP contribution < -0.4 is 9.64 Å². The first kappa shape index (κ1) is 25.7. The summed E-state index contributed by atoms with van der Waals surface area (Å²) in [5, 5.41) is 13.8. The molecule has 10 heteroatoms. The van der Waals surface area contributed by atoms with Crippen molar-refractivity contribution < 1.29 is 19.2 Å². The van der Waals surface area contributed by atoms with Crippen LogP contribution in [0, 0.1) is 10.1 Å². The number of ether oxygens (including phenoxy) is 1. The van der Waals surface area contributed by atoms with E-state index in [1.165, 1.54) is 17.9 Å². The molecule has 1 aliphatic heterocycles. The van der Waals surface area contributed by atoms with Crippen LogP contribution >= 0.6 is 11.6 Å². The molecule has 0 bridgehead atoms. The Labute approximate surface area is 224 Å². The number of aromatic nitrogens is 1. The van der Waals surface area contributed by atoms with E-state index in [4.69, 9.17) is 16.3 Å². The highest BCUT2D eigenvalue weighted by Gasteiger charge is 2.37. The third-order valence-corrected chi connectivity index (χ3v) is 7.27. The minimum Gasteiger partial charge on any atom is -0.492 e. The van der Waals surface area contributed by atoms with Gasteiger partial charge >= 0.3 is 0 Å². The Balaban J connectivity index is 1.56. The molecule has 0 saturated heterocycles. The number of ketones is 1. The van der Waals surface area contributed by atoms with E-state index in [2.05, 4.69) is 4.98 Å². The van der Waals surface area contributed by atoms with E-state index < -0.39 is 4.92 Å². The highest BCUT2D eigenvalue weighted by atomic mass is 35.5. The van der Waals surface area contributed by atoms with E-state index in [0.29, 0.717) is 29.1 Å². The van der Waals surface area contributed by atoms with Crippen LogP contribution in [0.4, 0.5) is 11.4 Å². The largest absolute Gasteiger partial charge is 0.492 e. The monoisotopic (exact) mass is 534 g/mol. The minimum absolute atomic E-state index is 0.214. The fourth-order valence-corrected chi connectivity index (χ4v) is 5.35. The summed E-state index contributed by atoms with van der Waals surface area (Å²) in [5.41, 5.74) is 2.36. The maximum atomic E-state index is 13.8. The van der Waals surface area contributed by atoms with E-state index in [-0.39, 0.29) is 46.7 Å². The number of likely N-dealkylation sites (N-methyl/N-ethyl adjacent to an activating group) is 1. The molecule has 4 aromatic rings. The number of Topliss-reactive ketones (excluding diaryl/α,β-unsaturated/α-hetero) is 1. The van der Waals surface area contributed by atoms with Gasteiger partial charge in [-0.05, 0) is 56.2 Å². The first-order chi connectivity index (χ1) is 18.2. The van der Waals surface area contributed by atoms with Crippen LogP contribution in [0.5, 0.6) is 5.75 Å². The lowest BCUT2D eigenvalue weighted by atomic mass is 9.91. The van der Waals surface area contributed by atoms with Crippen molar-refractivity contribution in [2.45, 2.75) is 12.8 Å². The summed E-state index contributed by atoms with van der Waals surface area (Å²) in [6.45, 7) is 2.97. The molecule has 1 amide bonds. The van der Waals surface area contributed by atoms with Crippen LogP contribution in [0.3, 0.4) is 0 Å². The minimum atomic E-state index is -0.507. The third kappa shape index (κ3) is 4.48. The normalized spacial score (nSPS) is 14.9. The number of hydrogen-bond acceptors (Lipinski definition) is 6. The molecule has 196 valence electrons. The molecule has 1 aromatic heterocycles. The second-order valence-electron chi connectivity index (χ2n) is 9.72.